The molecule has 0 atom stereocenters. The van der Waals surface area contributed by atoms with Crippen LogP contribution in [0.1, 0.15) is 27.1 Å². The summed E-state index contributed by atoms with van der Waals surface area (Å²) in [6, 6.07) is 10.9. The van der Waals surface area contributed by atoms with Gasteiger partial charge in [0.05, 0.1) is 16.8 Å². The highest BCUT2D eigenvalue weighted by Crippen LogP contribution is 2.26. The molecule has 0 bridgehead atoms. The van der Waals surface area contributed by atoms with Crippen LogP contribution < -0.4 is 10.6 Å². The Balaban J connectivity index is 1.48. The Morgan fingerprint density at radius 1 is 1.08 bits per heavy atom. The molecule has 2 aromatic carbocycles. The van der Waals surface area contributed by atoms with Crippen LogP contribution in [0.15, 0.2) is 46.9 Å². The number of halogens is 1. The lowest BCUT2D eigenvalue weighted by atomic mass is 10.1. The summed E-state index contributed by atoms with van der Waals surface area (Å²) in [4.78, 5) is 37.6. The third-order valence-corrected chi connectivity index (χ3v) is 4.42. The van der Waals surface area contributed by atoms with E-state index in [1.54, 1.807) is 36.4 Å². The summed E-state index contributed by atoms with van der Waals surface area (Å²) in [5.41, 5.74) is 1.08. The molecule has 4 amide bonds. The number of benzene rings is 2. The first kappa shape index (κ1) is 17.9. The first-order valence-corrected chi connectivity index (χ1v) is 8.75. The Kier molecular flexibility index (Phi) is 5.22. The molecule has 8 heteroatoms. The second kappa shape index (κ2) is 7.57. The van der Waals surface area contributed by atoms with Crippen molar-refractivity contribution in [2.45, 2.75) is 6.42 Å². The Morgan fingerprint density at radius 3 is 2.58 bits per heavy atom. The fourth-order valence-corrected chi connectivity index (χ4v) is 3.01. The van der Waals surface area contributed by atoms with Crippen molar-refractivity contribution >= 4 is 39.5 Å². The zero-order valence-corrected chi connectivity index (χ0v) is 15.2. The second-order valence-electron chi connectivity index (χ2n) is 5.70. The van der Waals surface area contributed by atoms with Crippen LogP contribution in [0.4, 0.5) is 10.5 Å². The topological polar surface area (TPSA) is 98.7 Å². The molecule has 134 valence electrons. The van der Waals surface area contributed by atoms with E-state index in [1.165, 1.54) is 11.0 Å². The fourth-order valence-electron chi connectivity index (χ4n) is 2.65. The van der Waals surface area contributed by atoms with Crippen molar-refractivity contribution < 1.29 is 19.5 Å². The van der Waals surface area contributed by atoms with Gasteiger partial charge < -0.3 is 15.7 Å². The molecule has 1 heterocycles. The fraction of sp³-hybridized carbons (Fsp3) is 0.167. The van der Waals surface area contributed by atoms with Gasteiger partial charge in [0.25, 0.3) is 11.8 Å². The zero-order valence-electron chi connectivity index (χ0n) is 13.7. The molecule has 7 nitrogen and oxygen atoms in total. The van der Waals surface area contributed by atoms with Gasteiger partial charge in [-0.25, -0.2) is 4.79 Å². The number of nitrogens with zero attached hydrogens (tertiary/aromatic N) is 1. The number of hydrogen-bond donors (Lipinski definition) is 3. The Labute approximate surface area is 158 Å². The summed E-state index contributed by atoms with van der Waals surface area (Å²) >= 11 is 3.29. The minimum Gasteiger partial charge on any atom is -0.506 e. The van der Waals surface area contributed by atoms with Crippen molar-refractivity contribution in [3.63, 3.8) is 0 Å². The van der Waals surface area contributed by atoms with Crippen LogP contribution in [-0.4, -0.2) is 40.9 Å². The lowest BCUT2D eigenvalue weighted by Crippen LogP contribution is -2.35. The van der Waals surface area contributed by atoms with Crippen LogP contribution in [0.2, 0.25) is 0 Å². The summed E-state index contributed by atoms with van der Waals surface area (Å²) in [7, 11) is 0. The van der Waals surface area contributed by atoms with Crippen molar-refractivity contribution in [3.05, 3.63) is 58.1 Å². The molecule has 0 aliphatic carbocycles. The van der Waals surface area contributed by atoms with Gasteiger partial charge in [-0.15, -0.1) is 0 Å². The van der Waals surface area contributed by atoms with Crippen LogP contribution in [0.25, 0.3) is 0 Å². The Morgan fingerprint density at radius 2 is 1.81 bits per heavy atom. The van der Waals surface area contributed by atoms with Gasteiger partial charge in [-0.1, -0.05) is 28.1 Å². The first-order valence-electron chi connectivity index (χ1n) is 7.96. The number of rotatable bonds is 5. The minimum atomic E-state index is -0.474. The number of carbonyl (C=O) groups is 3. The van der Waals surface area contributed by atoms with Gasteiger partial charge in [0.15, 0.2) is 0 Å². The van der Waals surface area contributed by atoms with Crippen molar-refractivity contribution in [1.82, 2.24) is 10.2 Å². The third kappa shape index (κ3) is 3.70. The number of fused-ring (bicyclic) bond motifs is 1. The van der Waals surface area contributed by atoms with Gasteiger partial charge in [-0.3, -0.25) is 14.5 Å². The van der Waals surface area contributed by atoms with E-state index < -0.39 is 6.03 Å². The first-order chi connectivity index (χ1) is 12.5. The van der Waals surface area contributed by atoms with E-state index in [1.807, 2.05) is 0 Å². The molecule has 0 radical (unpaired) electrons. The molecular formula is C18H16BrN3O4. The molecule has 0 saturated carbocycles. The summed E-state index contributed by atoms with van der Waals surface area (Å²) in [5.74, 6) is -0.680. The average Bonchev–Trinajstić information content (AvgIpc) is 2.84. The molecule has 2 aromatic rings. The van der Waals surface area contributed by atoms with E-state index in [0.29, 0.717) is 23.2 Å². The minimum absolute atomic E-state index is 0.0279. The molecule has 0 unspecified atom stereocenters. The quantitative estimate of drug-likeness (QED) is 0.395. The van der Waals surface area contributed by atoms with Crippen LogP contribution in [0.3, 0.4) is 0 Å². The monoisotopic (exact) mass is 417 g/mol. The largest absolute Gasteiger partial charge is 0.506 e. The van der Waals surface area contributed by atoms with Crippen molar-refractivity contribution in [2.24, 2.45) is 0 Å². The molecule has 0 spiro atoms. The van der Waals surface area contributed by atoms with Crippen LogP contribution in [0.5, 0.6) is 5.75 Å². The van der Waals surface area contributed by atoms with Gasteiger partial charge in [0, 0.05) is 17.6 Å². The Hall–Kier alpha value is -2.87. The predicted molar refractivity (Wildman–Crippen MR) is 99.3 cm³/mol. The molecule has 0 aromatic heterocycles. The number of phenols is 1. The van der Waals surface area contributed by atoms with Crippen LogP contribution in [-0.2, 0) is 0 Å². The van der Waals surface area contributed by atoms with E-state index in [4.69, 9.17) is 0 Å². The summed E-state index contributed by atoms with van der Waals surface area (Å²) in [5, 5.41) is 14.8. The lowest BCUT2D eigenvalue weighted by Gasteiger charge is -2.14. The van der Waals surface area contributed by atoms with Gasteiger partial charge in [-0.2, -0.15) is 0 Å². The van der Waals surface area contributed by atoms with E-state index in [0.717, 1.165) is 4.47 Å². The van der Waals surface area contributed by atoms with Gasteiger partial charge in [0.1, 0.15) is 5.75 Å². The number of hydrogen-bond acceptors (Lipinski definition) is 4. The van der Waals surface area contributed by atoms with E-state index >= 15 is 0 Å². The maximum atomic E-state index is 12.3. The summed E-state index contributed by atoms with van der Waals surface area (Å²) < 4.78 is 0.738. The van der Waals surface area contributed by atoms with E-state index in [2.05, 4.69) is 26.6 Å². The third-order valence-electron chi connectivity index (χ3n) is 3.93. The molecule has 1 aliphatic heterocycles. The number of anilines is 1. The van der Waals surface area contributed by atoms with Crippen LogP contribution in [0, 0.1) is 0 Å². The van der Waals surface area contributed by atoms with Crippen molar-refractivity contribution in [1.29, 1.82) is 0 Å². The predicted octanol–water partition coefficient (Wildman–Crippen LogP) is 2.96. The molecule has 1 aliphatic rings. The summed E-state index contributed by atoms with van der Waals surface area (Å²) in [6.07, 6.45) is 0.417. The Bertz CT molecular complexity index is 884. The normalized spacial score (nSPS) is 12.9. The lowest BCUT2D eigenvalue weighted by molar-refractivity contribution is 0.0653. The highest BCUT2D eigenvalue weighted by Gasteiger charge is 2.34. The van der Waals surface area contributed by atoms with E-state index in [9.17, 15) is 19.5 Å². The smallest absolute Gasteiger partial charge is 0.319 e. The molecule has 3 rings (SSSR count). The number of urea groups is 1. The number of nitrogens with one attached hydrogen (secondary N) is 2. The highest BCUT2D eigenvalue weighted by atomic mass is 79.9. The highest BCUT2D eigenvalue weighted by molar-refractivity contribution is 9.10. The van der Waals surface area contributed by atoms with Gasteiger partial charge in [-0.05, 0) is 36.8 Å². The van der Waals surface area contributed by atoms with Gasteiger partial charge >= 0.3 is 6.03 Å². The zero-order chi connectivity index (χ0) is 18.7. The molecule has 26 heavy (non-hydrogen) atoms. The number of aromatic hydroxyl groups is 1. The molecule has 0 saturated heterocycles. The van der Waals surface area contributed by atoms with E-state index in [-0.39, 0.29) is 30.7 Å². The number of phenolic OH excluding ortho intramolecular Hbond substituents is 1. The van der Waals surface area contributed by atoms with Crippen LogP contribution >= 0.6 is 15.9 Å². The maximum Gasteiger partial charge on any atom is 0.319 e. The van der Waals surface area contributed by atoms with Crippen molar-refractivity contribution in [3.8, 4) is 5.75 Å². The number of carbonyl (C=O) groups excluding carboxylic acids is 3. The van der Waals surface area contributed by atoms with Gasteiger partial charge in [0.2, 0.25) is 0 Å². The SMILES string of the molecule is O=C(NCCCN1C(=O)c2ccc(Br)cc2C1=O)Nc1ccccc1O. The molecule has 3 N–H and O–H groups in total. The standard InChI is InChI=1S/C18H16BrN3O4/c19-11-6-7-12-13(10-11)17(25)22(16(12)24)9-3-8-20-18(26)21-14-4-1-2-5-15(14)23/h1-2,4-7,10,23H,3,8-9H2,(H2,20,21,26). The second-order valence-corrected chi connectivity index (χ2v) is 6.62. The maximum absolute atomic E-state index is 12.3. The summed E-state index contributed by atoms with van der Waals surface area (Å²) in [6.45, 7) is 0.483. The van der Waals surface area contributed by atoms with Crippen molar-refractivity contribution in [2.75, 3.05) is 18.4 Å². The molecule has 0 fully saturated rings. The number of para-hydroxylation sites is 2. The average molecular weight is 418 g/mol. The number of amides is 4. The number of imide groups is 1. The molecular weight excluding hydrogens is 402 g/mol.